The van der Waals surface area contributed by atoms with E-state index in [1.54, 1.807) is 41.5 Å². The number of azide groups is 1. The van der Waals surface area contributed by atoms with Gasteiger partial charge in [0.1, 0.15) is 17.7 Å². The molecule has 13 heteroatoms. The minimum absolute atomic E-state index is 0.0992. The molecule has 0 atom stereocenters. The van der Waals surface area contributed by atoms with Crippen molar-refractivity contribution in [2.45, 2.75) is 84.8 Å². The Morgan fingerprint density at radius 3 is 1.92 bits per heavy atom. The Kier molecular flexibility index (Phi) is 15.8. The first kappa shape index (κ1) is 33.8. The zero-order valence-electron chi connectivity index (χ0n) is 23.4. The molecular weight excluding hydrogens is 484 g/mol. The van der Waals surface area contributed by atoms with Crippen LogP contribution in [0.2, 0.25) is 0 Å². The lowest BCUT2D eigenvalue weighted by atomic mass is 10.2. The molecule has 0 aromatic carbocycles. The Morgan fingerprint density at radius 2 is 1.38 bits per heavy atom. The Bertz CT molecular complexity index is 785. The molecule has 0 aliphatic rings. The summed E-state index contributed by atoms with van der Waals surface area (Å²) in [7, 11) is 1.25. The zero-order valence-corrected chi connectivity index (χ0v) is 23.4. The molecule has 0 fully saturated rings. The SMILES string of the molecule is COC(=O)CN(CCCCNC(=O)CCN(CCCCN=[N+]=[N-])C(=O)OC(C)(C)C)C(=O)OC(C)(C)C. The first-order chi connectivity index (χ1) is 17.2. The Balaban J connectivity index is 4.62. The van der Waals surface area contributed by atoms with Crippen LogP contribution in [0, 0.1) is 0 Å². The molecule has 3 amide bonds. The van der Waals surface area contributed by atoms with Crippen molar-refractivity contribution in [1.82, 2.24) is 15.1 Å². The highest BCUT2D eigenvalue weighted by atomic mass is 16.6. The topological polar surface area (TPSA) is 163 Å². The summed E-state index contributed by atoms with van der Waals surface area (Å²) in [6.07, 6.45) is 1.32. The summed E-state index contributed by atoms with van der Waals surface area (Å²) < 4.78 is 15.4. The van der Waals surface area contributed by atoms with Gasteiger partial charge < -0.3 is 24.4 Å². The average Bonchev–Trinajstić information content (AvgIpc) is 2.77. The normalized spacial score (nSPS) is 11.1. The Labute approximate surface area is 219 Å². The summed E-state index contributed by atoms with van der Waals surface area (Å²) in [4.78, 5) is 54.3. The van der Waals surface area contributed by atoms with Gasteiger partial charge >= 0.3 is 18.2 Å². The van der Waals surface area contributed by atoms with Crippen LogP contribution in [0.3, 0.4) is 0 Å². The molecule has 0 aliphatic carbocycles. The van der Waals surface area contributed by atoms with Crippen LogP contribution in [0.5, 0.6) is 0 Å². The van der Waals surface area contributed by atoms with Gasteiger partial charge in [-0.2, -0.15) is 0 Å². The second-order valence-corrected chi connectivity index (χ2v) is 10.4. The van der Waals surface area contributed by atoms with Crippen molar-refractivity contribution in [3.63, 3.8) is 0 Å². The summed E-state index contributed by atoms with van der Waals surface area (Å²) in [6, 6.07) is 0. The van der Waals surface area contributed by atoms with Gasteiger partial charge in [0.2, 0.25) is 5.91 Å². The predicted octanol–water partition coefficient (Wildman–Crippen LogP) is 4.01. The van der Waals surface area contributed by atoms with Gasteiger partial charge in [-0.25, -0.2) is 9.59 Å². The van der Waals surface area contributed by atoms with Crippen molar-refractivity contribution in [2.75, 3.05) is 46.4 Å². The molecule has 0 heterocycles. The average molecular weight is 529 g/mol. The van der Waals surface area contributed by atoms with E-state index in [0.717, 1.165) is 0 Å². The molecule has 0 saturated heterocycles. The van der Waals surface area contributed by atoms with Gasteiger partial charge in [0.05, 0.1) is 7.11 Å². The van der Waals surface area contributed by atoms with Gasteiger partial charge in [0, 0.05) is 44.1 Å². The summed E-state index contributed by atoms with van der Waals surface area (Å²) in [5.41, 5.74) is 7.00. The van der Waals surface area contributed by atoms with Crippen molar-refractivity contribution < 1.29 is 33.4 Å². The molecule has 0 saturated carbocycles. The number of ether oxygens (including phenoxy) is 3. The van der Waals surface area contributed by atoms with Crippen LogP contribution >= 0.6 is 0 Å². The molecule has 212 valence electrons. The van der Waals surface area contributed by atoms with Crippen molar-refractivity contribution in [1.29, 1.82) is 0 Å². The number of amides is 3. The van der Waals surface area contributed by atoms with Crippen molar-refractivity contribution >= 4 is 24.1 Å². The number of esters is 1. The van der Waals surface area contributed by atoms with E-state index in [0.29, 0.717) is 45.3 Å². The standard InChI is InChI=1S/C24H44N6O7/c1-23(2,3)36-21(33)29(15-11-9-14-27-28-25)17-12-19(31)26-13-8-10-16-30(18-20(32)35-7)22(34)37-24(4,5)6/h8-18H2,1-7H3,(H,26,31). The first-order valence-electron chi connectivity index (χ1n) is 12.5. The second-order valence-electron chi connectivity index (χ2n) is 10.4. The largest absolute Gasteiger partial charge is 0.468 e. The number of unbranched alkanes of at least 4 members (excludes halogenated alkanes) is 2. The lowest BCUT2D eigenvalue weighted by molar-refractivity contribution is -0.141. The van der Waals surface area contributed by atoms with E-state index in [4.69, 9.17) is 15.0 Å². The highest BCUT2D eigenvalue weighted by Gasteiger charge is 2.24. The van der Waals surface area contributed by atoms with E-state index in [1.807, 2.05) is 0 Å². The van der Waals surface area contributed by atoms with E-state index in [-0.39, 0.29) is 32.0 Å². The quantitative estimate of drug-likeness (QED) is 0.0838. The van der Waals surface area contributed by atoms with Gasteiger partial charge in [-0.15, -0.1) is 0 Å². The van der Waals surface area contributed by atoms with Gasteiger partial charge in [0.25, 0.3) is 0 Å². The highest BCUT2D eigenvalue weighted by Crippen LogP contribution is 2.12. The molecule has 1 N–H and O–H groups in total. The van der Waals surface area contributed by atoms with Crippen LogP contribution in [0.4, 0.5) is 9.59 Å². The van der Waals surface area contributed by atoms with Crippen molar-refractivity contribution in [2.24, 2.45) is 5.11 Å². The number of rotatable bonds is 15. The molecular formula is C24H44N6O7. The van der Waals surface area contributed by atoms with E-state index < -0.39 is 29.4 Å². The van der Waals surface area contributed by atoms with Crippen molar-refractivity contribution in [3.05, 3.63) is 10.4 Å². The zero-order chi connectivity index (χ0) is 28.5. The predicted molar refractivity (Wildman–Crippen MR) is 138 cm³/mol. The maximum atomic E-state index is 12.5. The van der Waals surface area contributed by atoms with Crippen LogP contribution in [0.1, 0.15) is 73.6 Å². The molecule has 0 aromatic rings. The molecule has 37 heavy (non-hydrogen) atoms. The highest BCUT2D eigenvalue weighted by molar-refractivity contribution is 5.78. The molecule has 0 rings (SSSR count). The van der Waals surface area contributed by atoms with Gasteiger partial charge in [-0.3, -0.25) is 14.5 Å². The molecule has 13 nitrogen and oxygen atoms in total. The number of nitrogens with one attached hydrogen (secondary N) is 1. The lowest BCUT2D eigenvalue weighted by Gasteiger charge is -2.27. The summed E-state index contributed by atoms with van der Waals surface area (Å²) in [5.74, 6) is -0.771. The van der Waals surface area contributed by atoms with Gasteiger partial charge in [0.15, 0.2) is 0 Å². The number of methoxy groups -OCH3 is 1. The number of carbonyl (C=O) groups excluding carboxylic acids is 4. The smallest absolute Gasteiger partial charge is 0.410 e. The van der Waals surface area contributed by atoms with E-state index in [1.165, 1.54) is 16.9 Å². The summed E-state index contributed by atoms with van der Waals surface area (Å²) in [5, 5.41) is 6.28. The minimum atomic E-state index is -0.697. The van der Waals surface area contributed by atoms with Crippen LogP contribution in [0.15, 0.2) is 5.11 Å². The van der Waals surface area contributed by atoms with Gasteiger partial charge in [-0.05, 0) is 72.8 Å². The molecule has 0 aliphatic heterocycles. The first-order valence-corrected chi connectivity index (χ1v) is 12.5. The molecule has 0 unspecified atom stereocenters. The van der Waals surface area contributed by atoms with Gasteiger partial charge in [-0.1, -0.05) is 5.11 Å². The number of carbonyl (C=O) groups is 4. The summed E-state index contributed by atoms with van der Waals surface area (Å²) in [6.45, 7) is 11.9. The molecule has 0 radical (unpaired) electrons. The maximum absolute atomic E-state index is 12.5. The molecule has 0 spiro atoms. The third-order valence-corrected chi connectivity index (χ3v) is 4.64. The monoisotopic (exact) mass is 528 g/mol. The lowest BCUT2D eigenvalue weighted by Crippen LogP contribution is -2.41. The van der Waals surface area contributed by atoms with E-state index >= 15 is 0 Å². The van der Waals surface area contributed by atoms with E-state index in [2.05, 4.69) is 20.1 Å². The fourth-order valence-electron chi connectivity index (χ4n) is 2.91. The number of nitrogens with zero attached hydrogens (tertiary/aromatic N) is 5. The van der Waals surface area contributed by atoms with Crippen LogP contribution in [0.25, 0.3) is 10.4 Å². The second kappa shape index (κ2) is 17.3. The van der Waals surface area contributed by atoms with Crippen LogP contribution in [-0.2, 0) is 23.8 Å². The van der Waals surface area contributed by atoms with Crippen LogP contribution in [-0.4, -0.2) is 91.4 Å². The number of hydrogen-bond donors (Lipinski definition) is 1. The summed E-state index contributed by atoms with van der Waals surface area (Å²) >= 11 is 0. The van der Waals surface area contributed by atoms with Crippen LogP contribution < -0.4 is 5.32 Å². The Hall–Kier alpha value is -3.21. The molecule has 0 bridgehead atoms. The third-order valence-electron chi connectivity index (χ3n) is 4.64. The third kappa shape index (κ3) is 18.7. The fourth-order valence-corrected chi connectivity index (χ4v) is 2.91. The maximum Gasteiger partial charge on any atom is 0.410 e. The molecule has 0 aromatic heterocycles. The van der Waals surface area contributed by atoms with Crippen molar-refractivity contribution in [3.8, 4) is 0 Å². The number of hydrogen-bond acceptors (Lipinski definition) is 8. The minimum Gasteiger partial charge on any atom is -0.468 e. The Morgan fingerprint density at radius 1 is 0.838 bits per heavy atom. The fraction of sp³-hybridized carbons (Fsp3) is 0.833. The van der Waals surface area contributed by atoms with E-state index in [9.17, 15) is 19.2 Å².